The predicted molar refractivity (Wildman–Crippen MR) is 155 cm³/mol. The van der Waals surface area contributed by atoms with Crippen molar-refractivity contribution in [1.82, 2.24) is 4.98 Å². The van der Waals surface area contributed by atoms with Crippen molar-refractivity contribution in [2.45, 2.75) is 35.9 Å². The van der Waals surface area contributed by atoms with Crippen LogP contribution in [-0.2, 0) is 25.7 Å². The molecule has 6 rings (SSSR count). The summed E-state index contributed by atoms with van der Waals surface area (Å²) in [6, 6.07) is 18.9. The first-order valence-electron chi connectivity index (χ1n) is 13.7. The molecule has 3 heterocycles. The Morgan fingerprint density at radius 1 is 1.00 bits per heavy atom. The van der Waals surface area contributed by atoms with E-state index in [4.69, 9.17) is 9.47 Å². The molecule has 0 bridgehead atoms. The number of halogens is 3. The normalized spacial score (nSPS) is 17.3. The van der Waals surface area contributed by atoms with Gasteiger partial charge >= 0.3 is 12.1 Å². The summed E-state index contributed by atoms with van der Waals surface area (Å²) < 4.78 is 80.0. The molecule has 224 valence electrons. The van der Waals surface area contributed by atoms with E-state index in [9.17, 15) is 26.4 Å². The first-order valence-corrected chi connectivity index (χ1v) is 15.1. The molecule has 0 spiro atoms. The van der Waals surface area contributed by atoms with Crippen molar-refractivity contribution < 1.29 is 35.9 Å². The number of hydrogen-bond donors (Lipinski definition) is 0. The number of alkyl halides is 3. The molecule has 0 N–H and O–H groups in total. The number of anilines is 2. The van der Waals surface area contributed by atoms with Gasteiger partial charge in [-0.3, -0.25) is 14.1 Å². The molecule has 3 aromatic carbocycles. The lowest BCUT2D eigenvalue weighted by atomic mass is 9.90. The van der Waals surface area contributed by atoms with Crippen molar-refractivity contribution in [3.63, 3.8) is 0 Å². The predicted octanol–water partition coefficient (Wildman–Crippen LogP) is 5.77. The molecule has 12 heteroatoms. The van der Waals surface area contributed by atoms with Crippen LogP contribution in [0.3, 0.4) is 0 Å². The number of esters is 1. The molecular weight excluding hydrogens is 583 g/mol. The molecule has 1 atom stereocenters. The Morgan fingerprint density at radius 3 is 2.56 bits per heavy atom. The summed E-state index contributed by atoms with van der Waals surface area (Å²) >= 11 is 0. The maximum atomic E-state index is 13.9. The number of hydrogen-bond acceptors (Lipinski definition) is 7. The molecule has 2 aliphatic heterocycles. The van der Waals surface area contributed by atoms with E-state index in [0.29, 0.717) is 19.2 Å². The molecule has 4 aromatic rings. The highest BCUT2D eigenvalue weighted by Gasteiger charge is 2.38. The van der Waals surface area contributed by atoms with Crippen molar-refractivity contribution in [2.24, 2.45) is 0 Å². The Kier molecular flexibility index (Phi) is 7.41. The van der Waals surface area contributed by atoms with Gasteiger partial charge in [-0.25, -0.2) is 8.42 Å². The first-order chi connectivity index (χ1) is 20.5. The fraction of sp³-hybridized carbons (Fsp3) is 0.290. The number of methoxy groups -OCH3 is 1. The second-order valence-electron chi connectivity index (χ2n) is 10.6. The maximum absolute atomic E-state index is 13.9. The molecule has 1 saturated heterocycles. The lowest BCUT2D eigenvalue weighted by molar-refractivity contribution is -0.141. The van der Waals surface area contributed by atoms with Crippen LogP contribution in [0.1, 0.15) is 29.9 Å². The Morgan fingerprint density at radius 2 is 1.79 bits per heavy atom. The van der Waals surface area contributed by atoms with E-state index >= 15 is 0 Å². The smallest absolute Gasteiger partial charge is 0.416 e. The summed E-state index contributed by atoms with van der Waals surface area (Å²) in [4.78, 5) is 17.9. The van der Waals surface area contributed by atoms with E-state index in [1.54, 1.807) is 18.3 Å². The van der Waals surface area contributed by atoms with Crippen LogP contribution >= 0.6 is 0 Å². The molecule has 0 unspecified atom stereocenters. The lowest BCUT2D eigenvalue weighted by Gasteiger charge is -2.42. The van der Waals surface area contributed by atoms with Crippen LogP contribution in [0, 0.1) is 0 Å². The maximum Gasteiger partial charge on any atom is 0.416 e. The van der Waals surface area contributed by atoms with Crippen LogP contribution in [0.4, 0.5) is 24.5 Å². The number of aromatic nitrogens is 1. The minimum Gasteiger partial charge on any atom is -0.486 e. The fourth-order valence-electron chi connectivity index (χ4n) is 5.55. The van der Waals surface area contributed by atoms with Crippen LogP contribution in [0.5, 0.6) is 5.75 Å². The Hall–Kier alpha value is -4.32. The van der Waals surface area contributed by atoms with Gasteiger partial charge in [0, 0.05) is 42.7 Å². The minimum atomic E-state index is -4.71. The van der Waals surface area contributed by atoms with Gasteiger partial charge in [0.2, 0.25) is 0 Å². The van der Waals surface area contributed by atoms with E-state index in [2.05, 4.69) is 9.88 Å². The zero-order valence-corrected chi connectivity index (χ0v) is 23.9. The fourth-order valence-corrected chi connectivity index (χ4v) is 7.10. The Bertz CT molecular complexity index is 1790. The largest absolute Gasteiger partial charge is 0.486 e. The van der Waals surface area contributed by atoms with Gasteiger partial charge in [0.1, 0.15) is 11.9 Å². The van der Waals surface area contributed by atoms with Crippen LogP contribution in [0.25, 0.3) is 10.9 Å². The second-order valence-corrected chi connectivity index (χ2v) is 12.5. The number of nitrogens with zero attached hydrogens (tertiary/aromatic N) is 3. The van der Waals surface area contributed by atoms with Gasteiger partial charge < -0.3 is 14.4 Å². The van der Waals surface area contributed by atoms with E-state index in [1.807, 2.05) is 36.4 Å². The Labute approximate surface area is 246 Å². The SMILES string of the molecule is COC(=O)CC[C@H]1CN(S(=O)(=O)c2cccc(C(F)(F)F)c2)c2cc(C3CN(c4cccc5ncccc45)C3)ccc2O1. The van der Waals surface area contributed by atoms with Gasteiger partial charge in [0.25, 0.3) is 10.0 Å². The first kappa shape index (κ1) is 28.8. The van der Waals surface area contributed by atoms with Crippen LogP contribution in [0.15, 0.2) is 83.9 Å². The van der Waals surface area contributed by atoms with Crippen LogP contribution < -0.4 is 13.9 Å². The zero-order chi connectivity index (χ0) is 30.4. The summed E-state index contributed by atoms with van der Waals surface area (Å²) in [6.07, 6.45) is -3.51. The third-order valence-corrected chi connectivity index (χ3v) is 9.65. The van der Waals surface area contributed by atoms with Crippen molar-refractivity contribution >= 4 is 38.3 Å². The van der Waals surface area contributed by atoms with Crippen molar-refractivity contribution in [2.75, 3.05) is 35.9 Å². The highest BCUT2D eigenvalue weighted by molar-refractivity contribution is 7.92. The average Bonchev–Trinajstić information content (AvgIpc) is 2.98. The second kappa shape index (κ2) is 11.1. The van der Waals surface area contributed by atoms with Crippen molar-refractivity contribution in [3.8, 4) is 5.75 Å². The number of pyridine rings is 1. The van der Waals surface area contributed by atoms with E-state index in [1.165, 1.54) is 7.11 Å². The van der Waals surface area contributed by atoms with Gasteiger partial charge in [-0.2, -0.15) is 13.2 Å². The third-order valence-electron chi connectivity index (χ3n) is 7.88. The third kappa shape index (κ3) is 5.58. The monoisotopic (exact) mass is 611 g/mol. The topological polar surface area (TPSA) is 89.0 Å². The number of carbonyl (C=O) groups is 1. The molecular formula is C31H28F3N3O5S. The van der Waals surface area contributed by atoms with Gasteiger partial charge in [0.05, 0.1) is 35.3 Å². The molecule has 8 nitrogen and oxygen atoms in total. The minimum absolute atomic E-state index is 0.00632. The van der Waals surface area contributed by atoms with E-state index < -0.39 is 38.7 Å². The number of rotatable bonds is 7. The highest BCUT2D eigenvalue weighted by Crippen LogP contribution is 2.43. The number of fused-ring (bicyclic) bond motifs is 2. The molecule has 2 aliphatic rings. The van der Waals surface area contributed by atoms with Gasteiger partial charge in [-0.15, -0.1) is 0 Å². The molecule has 0 aliphatic carbocycles. The highest BCUT2D eigenvalue weighted by atomic mass is 32.2. The summed E-state index contributed by atoms with van der Waals surface area (Å²) in [6.45, 7) is 1.21. The standard InChI is InChI=1S/C31H28F3N3O5S/c1-41-30(38)13-11-23-19-37(43(39,40)24-6-2-5-22(16-24)31(32,33)34)28-15-20(10-12-29(28)42-23)21-17-36(18-21)27-9-3-8-26-25(27)7-4-14-35-26/h2-10,12,14-16,21,23H,11,13,17-19H2,1H3/t23-/m0/s1. The quantitative estimate of drug-likeness (QED) is 0.245. The van der Waals surface area contributed by atoms with Crippen LogP contribution in [-0.4, -0.2) is 52.2 Å². The molecule has 1 fully saturated rings. The number of sulfonamides is 1. The van der Waals surface area contributed by atoms with E-state index in [-0.39, 0.29) is 36.7 Å². The van der Waals surface area contributed by atoms with Crippen molar-refractivity contribution in [3.05, 3.63) is 90.1 Å². The van der Waals surface area contributed by atoms with Crippen molar-refractivity contribution in [1.29, 1.82) is 0 Å². The number of benzene rings is 3. The molecule has 0 saturated carbocycles. The Balaban J connectivity index is 1.31. The molecule has 0 radical (unpaired) electrons. The number of carbonyl (C=O) groups excluding carboxylic acids is 1. The van der Waals surface area contributed by atoms with Gasteiger partial charge in [-0.1, -0.05) is 18.2 Å². The average molecular weight is 612 g/mol. The molecule has 1 aromatic heterocycles. The molecule has 43 heavy (non-hydrogen) atoms. The number of ether oxygens (including phenoxy) is 2. The molecule has 0 amide bonds. The summed E-state index contributed by atoms with van der Waals surface area (Å²) in [5.41, 5.74) is 2.03. The van der Waals surface area contributed by atoms with E-state index in [0.717, 1.165) is 44.7 Å². The summed E-state index contributed by atoms with van der Waals surface area (Å²) in [7, 11) is -3.17. The van der Waals surface area contributed by atoms with Crippen LogP contribution in [0.2, 0.25) is 0 Å². The summed E-state index contributed by atoms with van der Waals surface area (Å²) in [5, 5.41) is 1.04. The van der Waals surface area contributed by atoms with Gasteiger partial charge in [0.15, 0.2) is 0 Å². The van der Waals surface area contributed by atoms with Gasteiger partial charge in [-0.05, 0) is 66.6 Å². The summed E-state index contributed by atoms with van der Waals surface area (Å²) in [5.74, 6) is -0.113. The zero-order valence-electron chi connectivity index (χ0n) is 23.1. The lowest BCUT2D eigenvalue weighted by Crippen LogP contribution is -2.46.